The Morgan fingerprint density at radius 3 is 2.33 bits per heavy atom. The third kappa shape index (κ3) is 5.03. The number of hydrogen-bond acceptors (Lipinski definition) is 3. The van der Waals surface area contributed by atoms with E-state index in [2.05, 4.69) is 18.3 Å². The van der Waals surface area contributed by atoms with Gasteiger partial charge in [-0.05, 0) is 79.7 Å². The summed E-state index contributed by atoms with van der Waals surface area (Å²) >= 11 is 0. The summed E-state index contributed by atoms with van der Waals surface area (Å²) in [7, 11) is -1.91. The van der Waals surface area contributed by atoms with Gasteiger partial charge in [-0.3, -0.25) is 4.31 Å². The number of sulfonamides is 1. The standard InChI is InChI=1S/C21H28N2O2S.ClH/c1-3-4-5-17-6-10-21(11-7-17)26(24,25)23(2)20-9-8-18-12-14-22-15-13-19(18)16-20;/h6-11,16,22H,3-5,12-15H2,1-2H3;1H. The topological polar surface area (TPSA) is 49.4 Å². The van der Waals surface area contributed by atoms with Crippen molar-refractivity contribution in [3.8, 4) is 0 Å². The molecule has 1 N–H and O–H groups in total. The fourth-order valence-electron chi connectivity index (χ4n) is 3.36. The van der Waals surface area contributed by atoms with Gasteiger partial charge in [-0.1, -0.05) is 31.5 Å². The lowest BCUT2D eigenvalue weighted by molar-refractivity contribution is 0.594. The normalized spacial score (nSPS) is 14.0. The second kappa shape index (κ2) is 9.58. The Balaban J connectivity index is 0.00000261. The van der Waals surface area contributed by atoms with Crippen molar-refractivity contribution in [1.82, 2.24) is 5.32 Å². The molecule has 148 valence electrons. The minimum atomic E-state index is -3.55. The monoisotopic (exact) mass is 408 g/mol. The number of benzene rings is 2. The molecule has 2 aromatic rings. The largest absolute Gasteiger partial charge is 0.316 e. The molecule has 0 saturated heterocycles. The van der Waals surface area contributed by atoms with Gasteiger partial charge < -0.3 is 5.32 Å². The summed E-state index contributed by atoms with van der Waals surface area (Å²) in [6.07, 6.45) is 5.17. The molecule has 0 aliphatic carbocycles. The van der Waals surface area contributed by atoms with Crippen molar-refractivity contribution in [1.29, 1.82) is 0 Å². The van der Waals surface area contributed by atoms with Crippen LogP contribution in [0.3, 0.4) is 0 Å². The SMILES string of the molecule is CCCCc1ccc(S(=O)(=O)N(C)c2ccc3c(c2)CCNCC3)cc1.Cl. The molecular formula is C21H29ClN2O2S. The van der Waals surface area contributed by atoms with Gasteiger partial charge >= 0.3 is 0 Å². The molecule has 1 heterocycles. The van der Waals surface area contributed by atoms with E-state index in [4.69, 9.17) is 0 Å². The molecule has 27 heavy (non-hydrogen) atoms. The van der Waals surface area contributed by atoms with Crippen LogP contribution in [0.25, 0.3) is 0 Å². The van der Waals surface area contributed by atoms with E-state index in [1.165, 1.54) is 21.0 Å². The Labute approximate surface area is 169 Å². The van der Waals surface area contributed by atoms with Gasteiger partial charge in [0.2, 0.25) is 0 Å². The molecule has 2 aromatic carbocycles. The van der Waals surface area contributed by atoms with E-state index >= 15 is 0 Å². The van der Waals surface area contributed by atoms with Crippen molar-refractivity contribution in [3.05, 3.63) is 59.2 Å². The number of halogens is 1. The molecule has 0 fully saturated rings. The molecule has 0 saturated carbocycles. The molecule has 4 nitrogen and oxygen atoms in total. The average Bonchev–Trinajstić information content (AvgIpc) is 2.90. The van der Waals surface area contributed by atoms with Crippen LogP contribution in [0.5, 0.6) is 0 Å². The first-order valence-corrected chi connectivity index (χ1v) is 10.9. The summed E-state index contributed by atoms with van der Waals surface area (Å²) in [5.74, 6) is 0. The highest BCUT2D eigenvalue weighted by Gasteiger charge is 2.22. The van der Waals surface area contributed by atoms with Crippen LogP contribution in [0, 0.1) is 0 Å². The van der Waals surface area contributed by atoms with Crippen molar-refractivity contribution < 1.29 is 8.42 Å². The highest BCUT2D eigenvalue weighted by Crippen LogP contribution is 2.26. The van der Waals surface area contributed by atoms with Gasteiger partial charge in [0.25, 0.3) is 10.0 Å². The minimum absolute atomic E-state index is 0. The van der Waals surface area contributed by atoms with Gasteiger partial charge in [0.1, 0.15) is 0 Å². The molecule has 0 bridgehead atoms. The van der Waals surface area contributed by atoms with Crippen LogP contribution in [0.4, 0.5) is 5.69 Å². The lowest BCUT2D eigenvalue weighted by atomic mass is 10.0. The van der Waals surface area contributed by atoms with E-state index in [0.29, 0.717) is 4.90 Å². The van der Waals surface area contributed by atoms with Crippen LogP contribution in [-0.2, 0) is 29.3 Å². The fraction of sp³-hybridized carbons (Fsp3) is 0.429. The number of nitrogens with one attached hydrogen (secondary N) is 1. The summed E-state index contributed by atoms with van der Waals surface area (Å²) in [5.41, 5.74) is 4.46. The Kier molecular flexibility index (Phi) is 7.71. The first-order chi connectivity index (χ1) is 12.5. The van der Waals surface area contributed by atoms with Crippen LogP contribution < -0.4 is 9.62 Å². The molecule has 0 aromatic heterocycles. The van der Waals surface area contributed by atoms with Gasteiger partial charge in [0.15, 0.2) is 0 Å². The molecule has 1 aliphatic rings. The Hall–Kier alpha value is -1.56. The van der Waals surface area contributed by atoms with Gasteiger partial charge in [-0.25, -0.2) is 8.42 Å². The summed E-state index contributed by atoms with van der Waals surface area (Å²) in [5, 5.41) is 3.39. The van der Waals surface area contributed by atoms with E-state index in [-0.39, 0.29) is 12.4 Å². The van der Waals surface area contributed by atoms with Crippen molar-refractivity contribution in [2.24, 2.45) is 0 Å². The number of anilines is 1. The Morgan fingerprint density at radius 1 is 1.00 bits per heavy atom. The van der Waals surface area contributed by atoms with Crippen molar-refractivity contribution in [2.75, 3.05) is 24.4 Å². The number of hydrogen-bond donors (Lipinski definition) is 1. The molecule has 1 aliphatic heterocycles. The summed E-state index contributed by atoms with van der Waals surface area (Å²) in [4.78, 5) is 0.344. The first kappa shape index (κ1) is 21.7. The maximum atomic E-state index is 13.0. The Bertz CT molecular complexity index is 851. The molecule has 3 rings (SSSR count). The van der Waals surface area contributed by atoms with Gasteiger partial charge in [0, 0.05) is 7.05 Å². The van der Waals surface area contributed by atoms with Crippen molar-refractivity contribution in [3.63, 3.8) is 0 Å². The lowest BCUT2D eigenvalue weighted by Gasteiger charge is -2.21. The molecule has 0 atom stereocenters. The second-order valence-electron chi connectivity index (χ2n) is 6.92. The highest BCUT2D eigenvalue weighted by molar-refractivity contribution is 7.92. The zero-order chi connectivity index (χ0) is 18.6. The predicted molar refractivity (Wildman–Crippen MR) is 115 cm³/mol. The summed E-state index contributed by atoms with van der Waals surface area (Å²) in [6.45, 7) is 4.07. The zero-order valence-corrected chi connectivity index (χ0v) is 17.7. The fourth-order valence-corrected chi connectivity index (χ4v) is 4.55. The van der Waals surface area contributed by atoms with Crippen LogP contribution in [0.2, 0.25) is 0 Å². The Morgan fingerprint density at radius 2 is 1.67 bits per heavy atom. The third-order valence-corrected chi connectivity index (χ3v) is 6.90. The molecule has 0 unspecified atom stereocenters. The molecule has 0 amide bonds. The van der Waals surface area contributed by atoms with E-state index in [1.54, 1.807) is 19.2 Å². The maximum absolute atomic E-state index is 13.0. The minimum Gasteiger partial charge on any atom is -0.316 e. The molecule has 6 heteroatoms. The van der Waals surface area contributed by atoms with Crippen LogP contribution in [-0.4, -0.2) is 28.6 Å². The molecule has 0 spiro atoms. The number of unbranched alkanes of at least 4 members (excludes halogenated alkanes) is 1. The number of aryl methyl sites for hydroxylation is 1. The average molecular weight is 409 g/mol. The van der Waals surface area contributed by atoms with Gasteiger partial charge in [-0.2, -0.15) is 0 Å². The van der Waals surface area contributed by atoms with Gasteiger partial charge in [-0.15, -0.1) is 12.4 Å². The van der Waals surface area contributed by atoms with Crippen LogP contribution >= 0.6 is 12.4 Å². The molecular weight excluding hydrogens is 380 g/mol. The quantitative estimate of drug-likeness (QED) is 0.786. The smallest absolute Gasteiger partial charge is 0.264 e. The molecule has 0 radical (unpaired) electrons. The summed E-state index contributed by atoms with van der Waals surface area (Å²) in [6, 6.07) is 13.3. The van der Waals surface area contributed by atoms with E-state index in [9.17, 15) is 8.42 Å². The maximum Gasteiger partial charge on any atom is 0.264 e. The number of rotatable bonds is 6. The van der Waals surface area contributed by atoms with Crippen LogP contribution in [0.1, 0.15) is 36.5 Å². The predicted octanol–water partition coefficient (Wildman–Crippen LogP) is 3.96. The lowest BCUT2D eigenvalue weighted by Crippen LogP contribution is -2.26. The third-order valence-electron chi connectivity index (χ3n) is 5.10. The van der Waals surface area contributed by atoms with Crippen LogP contribution in [0.15, 0.2) is 47.4 Å². The first-order valence-electron chi connectivity index (χ1n) is 9.43. The second-order valence-corrected chi connectivity index (χ2v) is 8.89. The summed E-state index contributed by atoms with van der Waals surface area (Å²) < 4.78 is 27.4. The van der Waals surface area contributed by atoms with Crippen molar-refractivity contribution >= 4 is 28.1 Å². The highest BCUT2D eigenvalue weighted by atomic mass is 35.5. The van der Waals surface area contributed by atoms with E-state index in [1.807, 2.05) is 24.3 Å². The number of nitrogens with zero attached hydrogens (tertiary/aromatic N) is 1. The number of fused-ring (bicyclic) bond motifs is 1. The van der Waals surface area contributed by atoms with Gasteiger partial charge in [0.05, 0.1) is 10.6 Å². The zero-order valence-electron chi connectivity index (χ0n) is 16.1. The van der Waals surface area contributed by atoms with E-state index in [0.717, 1.165) is 50.9 Å². The van der Waals surface area contributed by atoms with E-state index < -0.39 is 10.0 Å². The van der Waals surface area contributed by atoms with Crippen molar-refractivity contribution in [2.45, 2.75) is 43.9 Å².